The van der Waals surface area contributed by atoms with Crippen molar-refractivity contribution in [1.82, 2.24) is 9.97 Å². The Morgan fingerprint density at radius 3 is 2.33 bits per heavy atom. The number of nitrogens with zero attached hydrogens (tertiary/aromatic N) is 2. The summed E-state index contributed by atoms with van der Waals surface area (Å²) in [5.74, 6) is 0.0794. The van der Waals surface area contributed by atoms with Gasteiger partial charge in [0.1, 0.15) is 5.52 Å². The Balaban J connectivity index is 2.32. The maximum atomic E-state index is 11.1. The van der Waals surface area contributed by atoms with Crippen LogP contribution in [0.2, 0.25) is 0 Å². The normalized spacial score (nSPS) is 10.7. The largest absolute Gasteiger partial charge is 0.424 e. The third-order valence-corrected chi connectivity index (χ3v) is 2.59. The lowest BCUT2D eigenvalue weighted by Crippen LogP contribution is -2.02. The minimum atomic E-state index is -0.363. The van der Waals surface area contributed by atoms with Crippen molar-refractivity contribution in [2.24, 2.45) is 0 Å². The molecule has 4 nitrogen and oxygen atoms in total. The van der Waals surface area contributed by atoms with Gasteiger partial charge in [0.15, 0.2) is 5.75 Å². The van der Waals surface area contributed by atoms with Crippen molar-refractivity contribution in [3.8, 4) is 5.75 Å². The lowest BCUT2D eigenvalue weighted by atomic mass is 10.2. The first-order chi connectivity index (χ1) is 8.74. The summed E-state index contributed by atoms with van der Waals surface area (Å²) in [5, 5.41) is 0. The third-order valence-electron chi connectivity index (χ3n) is 2.59. The van der Waals surface area contributed by atoms with E-state index in [0.717, 1.165) is 11.0 Å². The molecule has 88 valence electrons. The average Bonchev–Trinajstić information content (AvgIpc) is 2.36. The summed E-state index contributed by atoms with van der Waals surface area (Å²) in [6.07, 6.45) is 0. The Morgan fingerprint density at radius 1 is 0.944 bits per heavy atom. The highest BCUT2D eigenvalue weighted by Gasteiger charge is 2.08. The Hall–Kier alpha value is -2.49. The number of benzene rings is 2. The molecule has 2 aromatic carbocycles. The van der Waals surface area contributed by atoms with Gasteiger partial charge in [0, 0.05) is 6.92 Å². The fraction of sp³-hybridized carbons (Fsp3) is 0.0714. The molecule has 1 aromatic heterocycles. The molecule has 3 rings (SSSR count). The van der Waals surface area contributed by atoms with E-state index in [0.29, 0.717) is 16.8 Å². The van der Waals surface area contributed by atoms with E-state index in [2.05, 4.69) is 9.97 Å². The van der Waals surface area contributed by atoms with E-state index in [1.54, 1.807) is 12.1 Å². The molecular weight excluding hydrogens is 228 g/mol. The zero-order chi connectivity index (χ0) is 12.5. The predicted octanol–water partition coefficient (Wildman–Crippen LogP) is 2.71. The first kappa shape index (κ1) is 10.7. The molecule has 0 atom stereocenters. The molecule has 0 aliphatic heterocycles. The van der Waals surface area contributed by atoms with Crippen LogP contribution in [0.5, 0.6) is 5.75 Å². The Morgan fingerprint density at radius 2 is 1.61 bits per heavy atom. The number of fused-ring (bicyclic) bond motifs is 2. The van der Waals surface area contributed by atoms with E-state index in [4.69, 9.17) is 4.74 Å². The smallest absolute Gasteiger partial charge is 0.308 e. The van der Waals surface area contributed by atoms with Crippen LogP contribution >= 0.6 is 0 Å². The molecule has 0 saturated carbocycles. The highest BCUT2D eigenvalue weighted by molar-refractivity contribution is 5.90. The summed E-state index contributed by atoms with van der Waals surface area (Å²) >= 11 is 0. The Bertz CT molecular complexity index is 753. The Labute approximate surface area is 103 Å². The van der Waals surface area contributed by atoms with E-state index < -0.39 is 0 Å². The van der Waals surface area contributed by atoms with E-state index in [1.807, 2.05) is 30.3 Å². The maximum Gasteiger partial charge on any atom is 0.308 e. The van der Waals surface area contributed by atoms with Gasteiger partial charge in [0.2, 0.25) is 0 Å². The molecule has 0 bridgehead atoms. The number of para-hydroxylation sites is 3. The molecule has 4 heteroatoms. The van der Waals surface area contributed by atoms with Crippen molar-refractivity contribution >= 4 is 28.0 Å². The maximum absolute atomic E-state index is 11.1. The number of carbonyl (C=O) groups is 1. The van der Waals surface area contributed by atoms with E-state index in [-0.39, 0.29) is 5.97 Å². The zero-order valence-corrected chi connectivity index (χ0v) is 9.75. The number of rotatable bonds is 1. The number of ether oxygens (including phenoxy) is 1. The summed E-state index contributed by atoms with van der Waals surface area (Å²) < 4.78 is 5.13. The number of esters is 1. The first-order valence-corrected chi connectivity index (χ1v) is 5.58. The van der Waals surface area contributed by atoms with Gasteiger partial charge in [-0.1, -0.05) is 18.2 Å². The Kier molecular flexibility index (Phi) is 2.41. The van der Waals surface area contributed by atoms with E-state index in [1.165, 1.54) is 6.92 Å². The van der Waals surface area contributed by atoms with Crippen LogP contribution in [-0.4, -0.2) is 15.9 Å². The molecule has 1 heterocycles. The molecule has 0 aliphatic rings. The zero-order valence-electron chi connectivity index (χ0n) is 9.75. The molecule has 0 aliphatic carbocycles. The predicted molar refractivity (Wildman–Crippen MR) is 68.4 cm³/mol. The molecule has 0 unspecified atom stereocenters. The number of carbonyl (C=O) groups excluding carboxylic acids is 1. The van der Waals surface area contributed by atoms with Gasteiger partial charge in [0.25, 0.3) is 0 Å². The summed E-state index contributed by atoms with van der Waals surface area (Å²) in [5.41, 5.74) is 2.92. The highest BCUT2D eigenvalue weighted by Crippen LogP contribution is 2.24. The monoisotopic (exact) mass is 238 g/mol. The standard InChI is InChI=1S/C14H10N2O2/c1-9(17)18-13-8-4-7-12-14(13)16-11-6-3-2-5-10(11)15-12/h2-8H,1H3. The van der Waals surface area contributed by atoms with Gasteiger partial charge < -0.3 is 4.74 Å². The van der Waals surface area contributed by atoms with Gasteiger partial charge >= 0.3 is 5.97 Å². The highest BCUT2D eigenvalue weighted by atomic mass is 16.5. The van der Waals surface area contributed by atoms with Crippen molar-refractivity contribution < 1.29 is 9.53 Å². The SMILES string of the molecule is CC(=O)Oc1cccc2nc3ccccc3nc12. The number of aromatic nitrogens is 2. The molecular formula is C14H10N2O2. The van der Waals surface area contributed by atoms with Crippen molar-refractivity contribution in [3.63, 3.8) is 0 Å². The lowest BCUT2D eigenvalue weighted by Gasteiger charge is -2.05. The van der Waals surface area contributed by atoms with Crippen molar-refractivity contribution in [2.75, 3.05) is 0 Å². The quantitative estimate of drug-likeness (QED) is 0.371. The fourth-order valence-corrected chi connectivity index (χ4v) is 1.85. The second-order valence-corrected chi connectivity index (χ2v) is 3.93. The first-order valence-electron chi connectivity index (χ1n) is 5.58. The second kappa shape index (κ2) is 4.07. The average molecular weight is 238 g/mol. The van der Waals surface area contributed by atoms with Crippen LogP contribution < -0.4 is 4.74 Å². The van der Waals surface area contributed by atoms with Crippen molar-refractivity contribution in [3.05, 3.63) is 42.5 Å². The molecule has 0 spiro atoms. The summed E-state index contributed by atoms with van der Waals surface area (Å²) in [6.45, 7) is 1.37. The molecule has 0 saturated heterocycles. The number of hydrogen-bond donors (Lipinski definition) is 0. The minimum absolute atomic E-state index is 0.363. The van der Waals surface area contributed by atoms with Crippen LogP contribution in [0.3, 0.4) is 0 Å². The van der Waals surface area contributed by atoms with Gasteiger partial charge in [0.05, 0.1) is 16.6 Å². The summed E-state index contributed by atoms with van der Waals surface area (Å²) in [7, 11) is 0. The fourth-order valence-electron chi connectivity index (χ4n) is 1.85. The minimum Gasteiger partial charge on any atom is -0.424 e. The van der Waals surface area contributed by atoms with Crippen LogP contribution in [0, 0.1) is 0 Å². The van der Waals surface area contributed by atoms with Crippen molar-refractivity contribution in [1.29, 1.82) is 0 Å². The molecule has 3 aromatic rings. The molecule has 0 amide bonds. The van der Waals surface area contributed by atoms with Crippen LogP contribution in [0.15, 0.2) is 42.5 Å². The van der Waals surface area contributed by atoms with E-state index >= 15 is 0 Å². The van der Waals surface area contributed by atoms with Gasteiger partial charge in [-0.25, -0.2) is 9.97 Å². The summed E-state index contributed by atoms with van der Waals surface area (Å²) in [6, 6.07) is 13.0. The van der Waals surface area contributed by atoms with Crippen LogP contribution in [-0.2, 0) is 4.79 Å². The molecule has 0 N–H and O–H groups in total. The van der Waals surface area contributed by atoms with E-state index in [9.17, 15) is 4.79 Å². The van der Waals surface area contributed by atoms with Gasteiger partial charge in [-0.3, -0.25) is 4.79 Å². The van der Waals surface area contributed by atoms with Gasteiger partial charge in [-0.2, -0.15) is 0 Å². The number of hydrogen-bond acceptors (Lipinski definition) is 4. The molecule has 0 fully saturated rings. The lowest BCUT2D eigenvalue weighted by molar-refractivity contribution is -0.131. The second-order valence-electron chi connectivity index (χ2n) is 3.93. The molecule has 18 heavy (non-hydrogen) atoms. The van der Waals surface area contributed by atoms with Gasteiger partial charge in [-0.05, 0) is 24.3 Å². The van der Waals surface area contributed by atoms with Crippen molar-refractivity contribution in [2.45, 2.75) is 6.92 Å². The van der Waals surface area contributed by atoms with Gasteiger partial charge in [-0.15, -0.1) is 0 Å². The van der Waals surface area contributed by atoms with Crippen LogP contribution in [0.25, 0.3) is 22.1 Å². The molecule has 0 radical (unpaired) electrons. The topological polar surface area (TPSA) is 52.1 Å². The van der Waals surface area contributed by atoms with Crippen LogP contribution in [0.1, 0.15) is 6.92 Å². The summed E-state index contributed by atoms with van der Waals surface area (Å²) in [4.78, 5) is 20.0. The van der Waals surface area contributed by atoms with Crippen LogP contribution in [0.4, 0.5) is 0 Å². The third kappa shape index (κ3) is 1.78.